The number of aliphatic hydroxyl groups is 2. The van der Waals surface area contributed by atoms with Gasteiger partial charge in [-0.1, -0.05) is 0 Å². The van der Waals surface area contributed by atoms with Crippen LogP contribution in [-0.2, 0) is 0 Å². The van der Waals surface area contributed by atoms with Crippen molar-refractivity contribution >= 4 is 0 Å². The highest BCUT2D eigenvalue weighted by molar-refractivity contribution is 4.99. The minimum Gasteiger partial charge on any atom is -0.367 e. The van der Waals surface area contributed by atoms with Gasteiger partial charge in [-0.05, 0) is 0 Å². The van der Waals surface area contributed by atoms with Crippen LogP contribution in [0.5, 0.6) is 0 Å². The van der Waals surface area contributed by atoms with Gasteiger partial charge in [-0.2, -0.15) is 35.1 Å². The fraction of sp³-hybridized carbons (Fsp3) is 1.00. The number of alkyl halides is 8. The molecule has 0 aromatic carbocycles. The Morgan fingerprint density at radius 2 is 0.786 bits per heavy atom. The largest absolute Gasteiger partial charge is 0.435 e. The minimum atomic E-state index is -6.75. The Morgan fingerprint density at radius 3 is 0.786 bits per heavy atom. The summed E-state index contributed by atoms with van der Waals surface area (Å²) in [6.45, 7) is 0. The lowest BCUT2D eigenvalue weighted by Crippen LogP contribution is -2.67. The molecular formula is C4H2F8O2. The van der Waals surface area contributed by atoms with Gasteiger partial charge in [0.05, 0.1) is 0 Å². The van der Waals surface area contributed by atoms with E-state index in [4.69, 9.17) is 10.2 Å². The molecule has 0 aliphatic heterocycles. The van der Waals surface area contributed by atoms with Crippen molar-refractivity contribution in [1.82, 2.24) is 0 Å². The molecule has 0 amide bonds. The van der Waals surface area contributed by atoms with Crippen LogP contribution in [0.1, 0.15) is 0 Å². The van der Waals surface area contributed by atoms with E-state index in [0.717, 1.165) is 0 Å². The van der Waals surface area contributed by atoms with Gasteiger partial charge < -0.3 is 10.2 Å². The van der Waals surface area contributed by atoms with E-state index in [2.05, 4.69) is 0 Å². The zero-order valence-electron chi connectivity index (χ0n) is 5.92. The Hall–Kier alpha value is -0.640. The molecule has 2 nitrogen and oxygen atoms in total. The third kappa shape index (κ3) is 1.75. The van der Waals surface area contributed by atoms with E-state index in [0.29, 0.717) is 0 Å². The van der Waals surface area contributed by atoms with Gasteiger partial charge in [0, 0.05) is 0 Å². The van der Waals surface area contributed by atoms with Crippen LogP contribution in [0, 0.1) is 0 Å². The van der Waals surface area contributed by atoms with E-state index in [-0.39, 0.29) is 0 Å². The highest BCUT2D eigenvalue weighted by Gasteiger charge is 2.82. The molecule has 0 aromatic rings. The van der Waals surface area contributed by atoms with E-state index < -0.39 is 24.1 Å². The first-order valence-electron chi connectivity index (χ1n) is 2.71. The summed E-state index contributed by atoms with van der Waals surface area (Å²) in [6.07, 6.45) is -19.9. The quantitative estimate of drug-likeness (QED) is 0.673. The second kappa shape index (κ2) is 2.92. The zero-order chi connectivity index (χ0) is 12.0. The maximum atomic E-state index is 11.6. The highest BCUT2D eigenvalue weighted by Crippen LogP contribution is 2.50. The Bertz CT molecular complexity index is 173. The lowest BCUT2D eigenvalue weighted by molar-refractivity contribution is -0.463. The van der Waals surface area contributed by atoms with Crippen LogP contribution in [0.4, 0.5) is 35.1 Å². The van der Waals surface area contributed by atoms with Gasteiger partial charge >= 0.3 is 24.1 Å². The topological polar surface area (TPSA) is 40.5 Å². The molecule has 86 valence electrons. The van der Waals surface area contributed by atoms with Crippen LogP contribution >= 0.6 is 0 Å². The third-order valence-electron chi connectivity index (χ3n) is 1.26. The summed E-state index contributed by atoms with van der Waals surface area (Å²) >= 11 is 0. The first kappa shape index (κ1) is 13.4. The van der Waals surface area contributed by atoms with Crippen molar-refractivity contribution in [3.63, 3.8) is 0 Å². The molecule has 0 fully saturated rings. The molecule has 0 aliphatic rings. The fourth-order valence-corrected chi connectivity index (χ4v) is 0.502. The smallest absolute Gasteiger partial charge is 0.367 e. The van der Waals surface area contributed by atoms with E-state index >= 15 is 0 Å². The molecule has 0 rings (SSSR count). The Balaban J connectivity index is 5.54. The average molecular weight is 234 g/mol. The van der Waals surface area contributed by atoms with Crippen molar-refractivity contribution in [3.05, 3.63) is 0 Å². The third-order valence-corrected chi connectivity index (χ3v) is 1.26. The molecule has 0 unspecified atom stereocenters. The van der Waals surface area contributed by atoms with Crippen LogP contribution in [0.2, 0.25) is 0 Å². The molecule has 0 saturated heterocycles. The van der Waals surface area contributed by atoms with Crippen LogP contribution < -0.4 is 0 Å². The van der Waals surface area contributed by atoms with Crippen molar-refractivity contribution in [1.29, 1.82) is 0 Å². The summed E-state index contributed by atoms with van der Waals surface area (Å²) < 4.78 is 92.2. The molecular weight excluding hydrogens is 232 g/mol. The zero-order valence-corrected chi connectivity index (χ0v) is 5.92. The van der Waals surface area contributed by atoms with Crippen molar-refractivity contribution in [2.75, 3.05) is 0 Å². The van der Waals surface area contributed by atoms with Gasteiger partial charge in [-0.25, -0.2) is 0 Å². The van der Waals surface area contributed by atoms with Crippen molar-refractivity contribution in [2.45, 2.75) is 24.1 Å². The molecule has 2 N–H and O–H groups in total. The second-order valence-electron chi connectivity index (χ2n) is 2.25. The van der Waals surface area contributed by atoms with Crippen LogP contribution in [-0.4, -0.2) is 34.3 Å². The van der Waals surface area contributed by atoms with Gasteiger partial charge in [0.1, 0.15) is 0 Å². The first-order valence-corrected chi connectivity index (χ1v) is 2.71. The molecule has 0 saturated carbocycles. The summed E-state index contributed by atoms with van der Waals surface area (Å²) in [5, 5.41) is 15.2. The maximum Gasteiger partial charge on any atom is 0.435 e. The fourth-order valence-electron chi connectivity index (χ4n) is 0.502. The summed E-state index contributed by atoms with van der Waals surface area (Å²) in [7, 11) is 0. The Morgan fingerprint density at radius 1 is 0.571 bits per heavy atom. The van der Waals surface area contributed by atoms with Crippen LogP contribution in [0.25, 0.3) is 0 Å². The summed E-state index contributed by atoms with van der Waals surface area (Å²) in [5.74, 6) is 0. The van der Waals surface area contributed by atoms with Gasteiger partial charge in [0.15, 0.2) is 0 Å². The predicted molar refractivity (Wildman–Crippen MR) is 24.2 cm³/mol. The van der Waals surface area contributed by atoms with Crippen molar-refractivity contribution in [3.8, 4) is 0 Å². The number of hydrogen-bond donors (Lipinski definition) is 2. The van der Waals surface area contributed by atoms with Crippen LogP contribution in [0.15, 0.2) is 0 Å². The molecule has 0 atom stereocenters. The number of rotatable bonds is 1. The van der Waals surface area contributed by atoms with E-state index in [1.807, 2.05) is 0 Å². The van der Waals surface area contributed by atoms with Gasteiger partial charge in [0.2, 0.25) is 0 Å². The molecule has 10 heteroatoms. The van der Waals surface area contributed by atoms with Gasteiger partial charge in [-0.3, -0.25) is 0 Å². The molecule has 0 aromatic heterocycles. The number of hydrogen-bond acceptors (Lipinski definition) is 2. The summed E-state index contributed by atoms with van der Waals surface area (Å²) in [6, 6.07) is 0. The first-order chi connectivity index (χ1) is 5.75. The maximum absolute atomic E-state index is 11.6. The Kier molecular flexibility index (Phi) is 2.79. The van der Waals surface area contributed by atoms with Crippen LogP contribution in [0.3, 0.4) is 0 Å². The van der Waals surface area contributed by atoms with E-state index in [9.17, 15) is 35.1 Å². The summed E-state index contributed by atoms with van der Waals surface area (Å²) in [4.78, 5) is 0. The molecule has 0 spiro atoms. The molecule has 14 heavy (non-hydrogen) atoms. The van der Waals surface area contributed by atoms with Crippen molar-refractivity contribution in [2.24, 2.45) is 0 Å². The van der Waals surface area contributed by atoms with Crippen molar-refractivity contribution < 1.29 is 45.3 Å². The lowest BCUT2D eigenvalue weighted by atomic mass is 10.0. The molecule has 0 aliphatic carbocycles. The van der Waals surface area contributed by atoms with Gasteiger partial charge in [0.25, 0.3) is 0 Å². The lowest BCUT2D eigenvalue weighted by Gasteiger charge is -2.34. The second-order valence-corrected chi connectivity index (χ2v) is 2.25. The SMILES string of the molecule is OC(F)(F)C(O)(C(F)(F)F)C(F)(F)F. The summed E-state index contributed by atoms with van der Waals surface area (Å²) in [5.41, 5.74) is -6.47. The monoisotopic (exact) mass is 234 g/mol. The predicted octanol–water partition coefficient (Wildman–Crippen LogP) is 1.43. The molecule has 0 bridgehead atoms. The Labute approximate surface area is 70.7 Å². The molecule has 0 radical (unpaired) electrons. The number of halogens is 8. The van der Waals surface area contributed by atoms with Gasteiger partial charge in [-0.15, -0.1) is 0 Å². The average Bonchev–Trinajstić information content (AvgIpc) is 1.77. The van der Waals surface area contributed by atoms with E-state index in [1.165, 1.54) is 0 Å². The highest BCUT2D eigenvalue weighted by atomic mass is 19.4. The minimum absolute atomic E-state index is 6.37. The molecule has 0 heterocycles. The normalized spacial score (nSPS) is 15.9. The standard InChI is InChI=1S/C4H2F8O2/c5-2(6,7)1(13,3(8,9)10)4(11,12)14/h13-14H. The van der Waals surface area contributed by atoms with E-state index in [1.54, 1.807) is 0 Å².